The van der Waals surface area contributed by atoms with Crippen LogP contribution in [0.1, 0.15) is 44.9 Å². The summed E-state index contributed by atoms with van der Waals surface area (Å²) in [5, 5.41) is 18.5. The van der Waals surface area contributed by atoms with Crippen LogP contribution in [0.2, 0.25) is 5.02 Å². The van der Waals surface area contributed by atoms with Gasteiger partial charge in [-0.05, 0) is 66.1 Å². The van der Waals surface area contributed by atoms with E-state index in [0.717, 1.165) is 11.1 Å². The smallest absolute Gasteiger partial charge is 0.265 e. The number of carbonyl (C=O) groups is 3. The molecule has 1 aliphatic heterocycles. The standard InChI is InChI=1S/C27H28ClN3O4S/c28-22-10-15-36-25(22)27(35)31-13-2-6-24(33)29-12-9-18-7-8-23(32)21(16-18)19-4-1-5-20(17-19)26(34)30-11-3-14-31/h1,4-5,7-8,10,15-17,32H,2-3,6,9,11-14H2,(H,29,33)(H,30,34). The molecule has 1 aliphatic rings. The van der Waals surface area contributed by atoms with Crippen molar-refractivity contribution in [2.45, 2.75) is 25.7 Å². The monoisotopic (exact) mass is 525 g/mol. The third-order valence-electron chi connectivity index (χ3n) is 6.05. The van der Waals surface area contributed by atoms with Gasteiger partial charge in [-0.1, -0.05) is 29.8 Å². The van der Waals surface area contributed by atoms with Gasteiger partial charge < -0.3 is 20.6 Å². The molecule has 36 heavy (non-hydrogen) atoms. The van der Waals surface area contributed by atoms with Crippen molar-refractivity contribution >= 4 is 40.7 Å². The molecule has 0 radical (unpaired) electrons. The predicted octanol–water partition coefficient (Wildman–Crippen LogP) is 4.49. The fraction of sp³-hybridized carbons (Fsp3) is 0.296. The van der Waals surface area contributed by atoms with Crippen molar-refractivity contribution in [2.24, 2.45) is 0 Å². The second-order valence-electron chi connectivity index (χ2n) is 8.64. The SMILES string of the molecule is O=C1CCCN(C(=O)c2sccc2Cl)CCCNC(=O)c2cccc(c2)-c2cc(ccc2O)CCN1. The maximum absolute atomic E-state index is 13.1. The van der Waals surface area contributed by atoms with E-state index in [1.165, 1.54) is 11.3 Å². The van der Waals surface area contributed by atoms with Crippen molar-refractivity contribution in [2.75, 3.05) is 26.2 Å². The maximum atomic E-state index is 13.1. The van der Waals surface area contributed by atoms with Gasteiger partial charge in [0.25, 0.3) is 11.8 Å². The van der Waals surface area contributed by atoms with Crippen LogP contribution in [-0.4, -0.2) is 53.9 Å². The van der Waals surface area contributed by atoms with Crippen LogP contribution < -0.4 is 10.6 Å². The lowest BCUT2D eigenvalue weighted by Crippen LogP contribution is -2.35. The number of hydrogen-bond donors (Lipinski definition) is 3. The Morgan fingerprint density at radius 1 is 0.944 bits per heavy atom. The van der Waals surface area contributed by atoms with Gasteiger partial charge in [-0.3, -0.25) is 14.4 Å². The number of phenolic OH excluding ortho intramolecular Hbond substituents is 1. The molecule has 2 aromatic carbocycles. The predicted molar refractivity (Wildman–Crippen MR) is 142 cm³/mol. The summed E-state index contributed by atoms with van der Waals surface area (Å²) in [6.45, 7) is 1.68. The van der Waals surface area contributed by atoms with Crippen LogP contribution in [-0.2, 0) is 11.2 Å². The van der Waals surface area contributed by atoms with Crippen LogP contribution in [0.3, 0.4) is 0 Å². The number of fused-ring (bicyclic) bond motifs is 5. The van der Waals surface area contributed by atoms with Crippen molar-refractivity contribution in [3.05, 3.63) is 74.9 Å². The van der Waals surface area contributed by atoms with Crippen LogP contribution in [0, 0.1) is 0 Å². The molecule has 1 aromatic heterocycles. The van der Waals surface area contributed by atoms with Gasteiger partial charge in [0.1, 0.15) is 10.6 Å². The normalized spacial score (nSPS) is 15.8. The minimum atomic E-state index is -0.223. The van der Waals surface area contributed by atoms with E-state index in [1.807, 2.05) is 18.2 Å². The Kier molecular flexibility index (Phi) is 8.61. The van der Waals surface area contributed by atoms with Crippen LogP contribution in [0.5, 0.6) is 5.75 Å². The number of nitrogens with zero attached hydrogens (tertiary/aromatic N) is 1. The Morgan fingerprint density at radius 2 is 1.75 bits per heavy atom. The first-order valence-electron chi connectivity index (χ1n) is 11.9. The van der Waals surface area contributed by atoms with Gasteiger partial charge in [0.15, 0.2) is 0 Å². The second-order valence-corrected chi connectivity index (χ2v) is 9.96. The fourth-order valence-corrected chi connectivity index (χ4v) is 5.24. The van der Waals surface area contributed by atoms with Gasteiger partial charge in [-0.15, -0.1) is 11.3 Å². The van der Waals surface area contributed by atoms with Crippen LogP contribution in [0.15, 0.2) is 53.9 Å². The minimum absolute atomic E-state index is 0.0755. The Labute approximate surface area is 219 Å². The number of phenols is 1. The van der Waals surface area contributed by atoms with E-state index in [0.29, 0.717) is 72.9 Å². The molecule has 7 nitrogen and oxygen atoms in total. The van der Waals surface area contributed by atoms with Gasteiger partial charge in [0.05, 0.1) is 5.02 Å². The first kappa shape index (κ1) is 25.7. The number of halogens is 1. The van der Waals surface area contributed by atoms with Crippen molar-refractivity contribution in [3.63, 3.8) is 0 Å². The number of aromatic hydroxyl groups is 1. The highest BCUT2D eigenvalue weighted by atomic mass is 35.5. The van der Waals surface area contributed by atoms with Gasteiger partial charge in [0, 0.05) is 43.7 Å². The third kappa shape index (κ3) is 6.44. The average molecular weight is 526 g/mol. The number of rotatable bonds is 1. The number of carbonyl (C=O) groups excluding carboxylic acids is 3. The van der Waals surface area contributed by atoms with Crippen molar-refractivity contribution in [1.82, 2.24) is 15.5 Å². The van der Waals surface area contributed by atoms with E-state index in [2.05, 4.69) is 10.6 Å². The summed E-state index contributed by atoms with van der Waals surface area (Å²) < 4.78 is 0. The zero-order valence-corrected chi connectivity index (χ0v) is 21.3. The summed E-state index contributed by atoms with van der Waals surface area (Å²) >= 11 is 7.47. The lowest BCUT2D eigenvalue weighted by Gasteiger charge is -2.22. The molecule has 3 amide bonds. The molecule has 9 heteroatoms. The fourth-order valence-electron chi connectivity index (χ4n) is 4.14. The minimum Gasteiger partial charge on any atom is -0.507 e. The Hall–Kier alpha value is -3.36. The number of nitrogens with one attached hydrogen (secondary N) is 2. The molecule has 0 unspecified atom stereocenters. The first-order valence-corrected chi connectivity index (χ1v) is 13.2. The summed E-state index contributed by atoms with van der Waals surface area (Å²) in [6.07, 6.45) is 1.96. The topological polar surface area (TPSA) is 98.7 Å². The van der Waals surface area contributed by atoms with E-state index in [1.54, 1.807) is 40.6 Å². The molecular weight excluding hydrogens is 498 g/mol. The molecule has 0 saturated carbocycles. The van der Waals surface area contributed by atoms with E-state index >= 15 is 0 Å². The number of hydrogen-bond acceptors (Lipinski definition) is 5. The molecule has 188 valence electrons. The Morgan fingerprint density at radius 3 is 2.56 bits per heavy atom. The summed E-state index contributed by atoms with van der Waals surface area (Å²) in [5.74, 6) is -0.339. The number of amides is 3. The van der Waals surface area contributed by atoms with E-state index in [4.69, 9.17) is 11.6 Å². The van der Waals surface area contributed by atoms with Crippen molar-refractivity contribution in [3.8, 4) is 16.9 Å². The summed E-state index contributed by atoms with van der Waals surface area (Å²) in [7, 11) is 0. The average Bonchev–Trinajstić information content (AvgIpc) is 3.31. The molecule has 0 saturated heterocycles. The van der Waals surface area contributed by atoms with Gasteiger partial charge >= 0.3 is 0 Å². The van der Waals surface area contributed by atoms with E-state index in [9.17, 15) is 19.5 Å². The highest BCUT2D eigenvalue weighted by Crippen LogP contribution is 2.31. The molecular formula is C27H28ClN3O4S. The van der Waals surface area contributed by atoms with Crippen molar-refractivity contribution in [1.29, 1.82) is 0 Å². The molecule has 4 rings (SSSR count). The highest BCUT2D eigenvalue weighted by molar-refractivity contribution is 7.12. The van der Waals surface area contributed by atoms with E-state index in [-0.39, 0.29) is 23.5 Å². The van der Waals surface area contributed by atoms with E-state index < -0.39 is 0 Å². The first-order chi connectivity index (χ1) is 17.4. The van der Waals surface area contributed by atoms with Crippen molar-refractivity contribution < 1.29 is 19.5 Å². The second kappa shape index (κ2) is 12.1. The number of thiophene rings is 1. The van der Waals surface area contributed by atoms with Crippen LogP contribution >= 0.6 is 22.9 Å². The summed E-state index contributed by atoms with van der Waals surface area (Å²) in [6, 6.07) is 14.1. The van der Waals surface area contributed by atoms with Gasteiger partial charge in [-0.25, -0.2) is 0 Å². The highest BCUT2D eigenvalue weighted by Gasteiger charge is 2.20. The molecule has 2 heterocycles. The lowest BCUT2D eigenvalue weighted by atomic mass is 9.98. The van der Waals surface area contributed by atoms with Gasteiger partial charge in [-0.2, -0.15) is 0 Å². The molecule has 3 aromatic rings. The van der Waals surface area contributed by atoms with Crippen LogP contribution in [0.25, 0.3) is 11.1 Å². The quantitative estimate of drug-likeness (QED) is 0.436. The lowest BCUT2D eigenvalue weighted by molar-refractivity contribution is -0.121. The number of benzene rings is 2. The van der Waals surface area contributed by atoms with Crippen LogP contribution in [0.4, 0.5) is 0 Å². The zero-order chi connectivity index (χ0) is 25.5. The molecule has 0 spiro atoms. The molecule has 3 N–H and O–H groups in total. The molecule has 0 aliphatic carbocycles. The van der Waals surface area contributed by atoms with Gasteiger partial charge in [0.2, 0.25) is 5.91 Å². The maximum Gasteiger partial charge on any atom is 0.265 e. The largest absolute Gasteiger partial charge is 0.507 e. The molecule has 0 fully saturated rings. The zero-order valence-electron chi connectivity index (χ0n) is 19.8. The molecule has 0 atom stereocenters. The Bertz CT molecular complexity index is 1260. The summed E-state index contributed by atoms with van der Waals surface area (Å²) in [4.78, 5) is 40.4. The Balaban J connectivity index is 1.53. The summed E-state index contributed by atoms with van der Waals surface area (Å²) in [5.41, 5.74) is 2.81. The third-order valence-corrected chi connectivity index (χ3v) is 7.38. The molecule has 4 bridgehead atoms.